The maximum atomic E-state index is 13.7. The van der Waals surface area contributed by atoms with Crippen LogP contribution in [0.3, 0.4) is 0 Å². The van der Waals surface area contributed by atoms with Crippen LogP contribution in [0.1, 0.15) is 33.9 Å². The standard InChI is InChI=1S/C26H27N3O2/c1-28(2)22-16-14-21(15-17-22)25(30)27-24(20-10-4-3-5-11-20)26(31)29-18-8-12-19-9-6-7-13-23(19)29/h3-7,9-11,13-17,24H,8,12,18H2,1-2H3,(H,27,30). The van der Waals surface area contributed by atoms with Crippen LogP contribution in [0.4, 0.5) is 11.4 Å². The van der Waals surface area contributed by atoms with Crippen LogP contribution in [0.25, 0.3) is 0 Å². The molecule has 0 fully saturated rings. The van der Waals surface area contributed by atoms with Crippen molar-refractivity contribution in [3.05, 3.63) is 95.6 Å². The molecule has 2 amide bonds. The minimum atomic E-state index is -0.756. The normalized spacial score (nSPS) is 13.8. The quantitative estimate of drug-likeness (QED) is 0.682. The lowest BCUT2D eigenvalue weighted by atomic mass is 9.99. The first-order valence-corrected chi connectivity index (χ1v) is 10.6. The van der Waals surface area contributed by atoms with E-state index in [0.717, 1.165) is 29.8 Å². The van der Waals surface area contributed by atoms with Crippen LogP contribution in [0.5, 0.6) is 0 Å². The number of carbonyl (C=O) groups is 2. The lowest BCUT2D eigenvalue weighted by Crippen LogP contribution is -2.45. The Labute approximate surface area is 183 Å². The summed E-state index contributed by atoms with van der Waals surface area (Å²) in [4.78, 5) is 30.5. The van der Waals surface area contributed by atoms with Gasteiger partial charge < -0.3 is 15.1 Å². The van der Waals surface area contributed by atoms with Gasteiger partial charge in [-0.05, 0) is 54.3 Å². The summed E-state index contributed by atoms with van der Waals surface area (Å²) in [7, 11) is 3.91. The SMILES string of the molecule is CN(C)c1ccc(C(=O)NC(C(=O)N2CCCc3ccccc32)c2ccccc2)cc1. The highest BCUT2D eigenvalue weighted by Crippen LogP contribution is 2.29. The fourth-order valence-corrected chi connectivity index (χ4v) is 3.98. The molecule has 0 spiro atoms. The van der Waals surface area contributed by atoms with Gasteiger partial charge in [0.25, 0.3) is 11.8 Å². The first kappa shape index (κ1) is 20.7. The second kappa shape index (κ2) is 9.04. The number of fused-ring (bicyclic) bond motifs is 1. The summed E-state index contributed by atoms with van der Waals surface area (Å²) in [6.45, 7) is 0.645. The molecule has 3 aromatic carbocycles. The predicted molar refractivity (Wildman–Crippen MR) is 125 cm³/mol. The highest BCUT2D eigenvalue weighted by Gasteiger charge is 2.31. The number of anilines is 2. The average Bonchev–Trinajstić information content (AvgIpc) is 2.82. The summed E-state index contributed by atoms with van der Waals surface area (Å²) in [5, 5.41) is 2.98. The van der Waals surface area contributed by atoms with E-state index in [9.17, 15) is 9.59 Å². The molecule has 1 unspecified atom stereocenters. The molecular formula is C26H27N3O2. The van der Waals surface area contributed by atoms with E-state index in [-0.39, 0.29) is 11.8 Å². The Morgan fingerprint density at radius 2 is 1.58 bits per heavy atom. The predicted octanol–water partition coefficient (Wildman–Crippen LogP) is 4.20. The summed E-state index contributed by atoms with van der Waals surface area (Å²) >= 11 is 0. The van der Waals surface area contributed by atoms with Crippen molar-refractivity contribution in [3.8, 4) is 0 Å². The van der Waals surface area contributed by atoms with Gasteiger partial charge in [-0.3, -0.25) is 9.59 Å². The minimum absolute atomic E-state index is 0.114. The van der Waals surface area contributed by atoms with Gasteiger partial charge in [-0.2, -0.15) is 0 Å². The van der Waals surface area contributed by atoms with Crippen LogP contribution in [-0.2, 0) is 11.2 Å². The highest BCUT2D eigenvalue weighted by atomic mass is 16.2. The van der Waals surface area contributed by atoms with Crippen molar-refractivity contribution in [2.75, 3.05) is 30.4 Å². The van der Waals surface area contributed by atoms with E-state index in [2.05, 4.69) is 11.4 Å². The molecule has 0 bridgehead atoms. The van der Waals surface area contributed by atoms with Crippen molar-refractivity contribution in [2.45, 2.75) is 18.9 Å². The Hall–Kier alpha value is -3.60. The van der Waals surface area contributed by atoms with Gasteiger partial charge in [0, 0.05) is 37.6 Å². The van der Waals surface area contributed by atoms with Gasteiger partial charge in [0.15, 0.2) is 0 Å². The van der Waals surface area contributed by atoms with Crippen LogP contribution in [-0.4, -0.2) is 32.5 Å². The van der Waals surface area contributed by atoms with E-state index in [1.54, 1.807) is 12.1 Å². The first-order chi connectivity index (χ1) is 15.0. The number of nitrogens with one attached hydrogen (secondary N) is 1. The molecule has 1 heterocycles. The Balaban J connectivity index is 1.63. The summed E-state index contributed by atoms with van der Waals surface area (Å²) in [6.07, 6.45) is 1.87. The molecule has 1 aliphatic heterocycles. The van der Waals surface area contributed by atoms with Crippen LogP contribution in [0, 0.1) is 0 Å². The molecule has 4 rings (SSSR count). The van der Waals surface area contributed by atoms with Crippen molar-refractivity contribution in [1.29, 1.82) is 0 Å². The molecule has 0 aromatic heterocycles. The van der Waals surface area contributed by atoms with E-state index in [1.807, 2.05) is 84.6 Å². The number of carbonyl (C=O) groups excluding carboxylic acids is 2. The molecule has 0 saturated carbocycles. The number of hydrogen-bond donors (Lipinski definition) is 1. The summed E-state index contributed by atoms with van der Waals surface area (Å²) in [5.41, 5.74) is 4.41. The van der Waals surface area contributed by atoms with E-state index >= 15 is 0 Å². The van der Waals surface area contributed by atoms with Crippen LogP contribution in [0.2, 0.25) is 0 Å². The fraction of sp³-hybridized carbons (Fsp3) is 0.231. The zero-order valence-electron chi connectivity index (χ0n) is 17.9. The van der Waals surface area contributed by atoms with E-state index in [4.69, 9.17) is 0 Å². The van der Waals surface area contributed by atoms with Crippen LogP contribution in [0.15, 0.2) is 78.9 Å². The number of amides is 2. The monoisotopic (exact) mass is 413 g/mol. The second-order valence-corrected chi connectivity index (χ2v) is 7.98. The van der Waals surface area contributed by atoms with E-state index in [0.29, 0.717) is 12.1 Å². The number of para-hydroxylation sites is 1. The molecule has 3 aromatic rings. The number of benzene rings is 3. The lowest BCUT2D eigenvalue weighted by molar-refractivity contribution is -0.120. The van der Waals surface area contributed by atoms with Gasteiger partial charge in [0.05, 0.1) is 0 Å². The number of rotatable bonds is 5. The maximum Gasteiger partial charge on any atom is 0.254 e. The van der Waals surface area contributed by atoms with E-state index < -0.39 is 6.04 Å². The van der Waals surface area contributed by atoms with Gasteiger partial charge in [-0.25, -0.2) is 0 Å². The fourth-order valence-electron chi connectivity index (χ4n) is 3.98. The number of aryl methyl sites for hydroxylation is 1. The third kappa shape index (κ3) is 4.45. The zero-order valence-corrected chi connectivity index (χ0v) is 17.9. The van der Waals surface area contributed by atoms with Crippen molar-refractivity contribution in [2.24, 2.45) is 0 Å². The molecule has 0 aliphatic carbocycles. The van der Waals surface area contributed by atoms with Crippen molar-refractivity contribution < 1.29 is 9.59 Å². The summed E-state index contributed by atoms with van der Waals surface area (Å²) < 4.78 is 0. The largest absolute Gasteiger partial charge is 0.378 e. The third-order valence-corrected chi connectivity index (χ3v) is 5.68. The Kier molecular flexibility index (Phi) is 6.03. The first-order valence-electron chi connectivity index (χ1n) is 10.6. The van der Waals surface area contributed by atoms with Crippen LogP contribution >= 0.6 is 0 Å². The van der Waals surface area contributed by atoms with Crippen molar-refractivity contribution in [3.63, 3.8) is 0 Å². The molecule has 31 heavy (non-hydrogen) atoms. The molecule has 0 radical (unpaired) electrons. The molecule has 1 atom stereocenters. The molecule has 0 saturated heterocycles. The van der Waals surface area contributed by atoms with Gasteiger partial charge in [0.1, 0.15) is 6.04 Å². The van der Waals surface area contributed by atoms with E-state index in [1.165, 1.54) is 5.56 Å². The summed E-state index contributed by atoms with van der Waals surface area (Å²) in [6, 6.07) is 24.1. The molecule has 5 nitrogen and oxygen atoms in total. The summed E-state index contributed by atoms with van der Waals surface area (Å²) in [5.74, 6) is -0.380. The van der Waals surface area contributed by atoms with Crippen molar-refractivity contribution in [1.82, 2.24) is 5.32 Å². The van der Waals surface area contributed by atoms with Gasteiger partial charge in [-0.1, -0.05) is 48.5 Å². The van der Waals surface area contributed by atoms with Crippen molar-refractivity contribution >= 4 is 23.2 Å². The van der Waals surface area contributed by atoms with Gasteiger partial charge >= 0.3 is 0 Å². The van der Waals surface area contributed by atoms with Crippen LogP contribution < -0.4 is 15.1 Å². The van der Waals surface area contributed by atoms with Gasteiger partial charge in [0.2, 0.25) is 0 Å². The topological polar surface area (TPSA) is 52.7 Å². The number of nitrogens with zero attached hydrogens (tertiary/aromatic N) is 2. The zero-order chi connectivity index (χ0) is 21.8. The number of hydrogen-bond acceptors (Lipinski definition) is 3. The lowest BCUT2D eigenvalue weighted by Gasteiger charge is -2.32. The van der Waals surface area contributed by atoms with Gasteiger partial charge in [-0.15, -0.1) is 0 Å². The third-order valence-electron chi connectivity index (χ3n) is 5.68. The maximum absolute atomic E-state index is 13.7. The average molecular weight is 414 g/mol. The molecular weight excluding hydrogens is 386 g/mol. The minimum Gasteiger partial charge on any atom is -0.378 e. The molecule has 158 valence electrons. The molecule has 5 heteroatoms. The second-order valence-electron chi connectivity index (χ2n) is 7.98. The Morgan fingerprint density at radius 1 is 0.903 bits per heavy atom. The molecule has 1 aliphatic rings. The molecule has 1 N–H and O–H groups in total. The Morgan fingerprint density at radius 3 is 2.29 bits per heavy atom. The Bertz CT molecular complexity index is 1060. The smallest absolute Gasteiger partial charge is 0.254 e. The highest BCUT2D eigenvalue weighted by molar-refractivity contribution is 6.03.